The molecule has 2 N–H and O–H groups in total. The Morgan fingerprint density at radius 1 is 1.42 bits per heavy atom. The zero-order valence-electron chi connectivity index (χ0n) is 16.0. The second kappa shape index (κ2) is 7.55. The quantitative estimate of drug-likeness (QED) is 0.456. The zero-order chi connectivity index (χ0) is 17.8. The molecule has 6 heteroatoms. The number of methoxy groups -OCH3 is 1. The Labute approximate surface area is 146 Å². The molecular weight excluding hydrogens is 302 g/mol. The predicted molar refractivity (Wildman–Crippen MR) is 98.3 cm³/mol. The number of nitrogens with zero attached hydrogens (tertiary/aromatic N) is 3. The van der Waals surface area contributed by atoms with Crippen LogP contribution in [0.3, 0.4) is 0 Å². The van der Waals surface area contributed by atoms with Gasteiger partial charge in [0, 0.05) is 51.1 Å². The van der Waals surface area contributed by atoms with E-state index in [1.54, 1.807) is 7.11 Å². The lowest BCUT2D eigenvalue weighted by Crippen LogP contribution is -2.69. The molecule has 0 spiro atoms. The van der Waals surface area contributed by atoms with Crippen molar-refractivity contribution in [2.24, 2.45) is 10.4 Å². The molecule has 0 aromatic carbocycles. The number of rotatable bonds is 7. The van der Waals surface area contributed by atoms with Crippen molar-refractivity contribution in [1.82, 2.24) is 20.2 Å². The molecule has 24 heavy (non-hydrogen) atoms. The summed E-state index contributed by atoms with van der Waals surface area (Å²) in [6.45, 7) is 10.7. The van der Waals surface area contributed by atoms with Crippen molar-refractivity contribution in [3.63, 3.8) is 0 Å². The molecule has 1 aromatic heterocycles. The topological polar surface area (TPSA) is 63.5 Å². The van der Waals surface area contributed by atoms with E-state index in [0.29, 0.717) is 6.04 Å². The molecule has 1 aliphatic rings. The summed E-state index contributed by atoms with van der Waals surface area (Å²) < 4.78 is 7.87. The summed E-state index contributed by atoms with van der Waals surface area (Å²) >= 11 is 0. The Bertz CT molecular complexity index is 566. The maximum atomic E-state index is 5.68. The van der Waals surface area contributed by atoms with Crippen molar-refractivity contribution >= 4 is 5.96 Å². The van der Waals surface area contributed by atoms with Gasteiger partial charge >= 0.3 is 0 Å². The Kier molecular flexibility index (Phi) is 5.91. The van der Waals surface area contributed by atoms with E-state index < -0.39 is 0 Å². The fourth-order valence-electron chi connectivity index (χ4n) is 3.34. The first-order valence-electron chi connectivity index (χ1n) is 8.84. The summed E-state index contributed by atoms with van der Waals surface area (Å²) in [5.74, 6) is 1.96. The molecule has 1 heterocycles. The molecule has 1 fully saturated rings. The minimum absolute atomic E-state index is 0.0633. The lowest BCUT2D eigenvalue weighted by atomic mass is 9.56. The third-order valence-corrected chi connectivity index (χ3v) is 5.85. The molecule has 0 amide bonds. The van der Waals surface area contributed by atoms with E-state index in [0.717, 1.165) is 44.1 Å². The summed E-state index contributed by atoms with van der Waals surface area (Å²) in [4.78, 5) is 8.59. The highest BCUT2D eigenvalue weighted by molar-refractivity contribution is 5.80. The van der Waals surface area contributed by atoms with Gasteiger partial charge in [0.25, 0.3) is 0 Å². The van der Waals surface area contributed by atoms with Crippen LogP contribution in [-0.2, 0) is 11.3 Å². The van der Waals surface area contributed by atoms with Gasteiger partial charge in [-0.25, -0.2) is 4.98 Å². The van der Waals surface area contributed by atoms with Crippen molar-refractivity contribution in [2.75, 3.05) is 20.7 Å². The molecule has 0 saturated heterocycles. The largest absolute Gasteiger partial charge is 0.378 e. The molecule has 6 nitrogen and oxygen atoms in total. The van der Waals surface area contributed by atoms with E-state index in [2.05, 4.69) is 45.9 Å². The number of imidazole rings is 1. The number of guanidine groups is 1. The number of aliphatic imine (C=N–C) groups is 1. The first-order valence-corrected chi connectivity index (χ1v) is 8.84. The van der Waals surface area contributed by atoms with Crippen molar-refractivity contribution in [2.45, 2.75) is 65.1 Å². The number of ether oxygens (including phenoxy) is 1. The van der Waals surface area contributed by atoms with Crippen LogP contribution in [0.1, 0.15) is 45.9 Å². The fraction of sp³-hybridized carbons (Fsp3) is 0.778. The summed E-state index contributed by atoms with van der Waals surface area (Å²) in [6, 6.07) is 0.377. The third-order valence-electron chi connectivity index (χ3n) is 5.85. The van der Waals surface area contributed by atoms with Crippen molar-refractivity contribution in [1.29, 1.82) is 0 Å². The van der Waals surface area contributed by atoms with Crippen molar-refractivity contribution < 1.29 is 4.74 Å². The highest BCUT2D eigenvalue weighted by atomic mass is 16.5. The molecule has 1 aromatic rings. The standard InChI is InChI=1S/C18H33N5O/c1-14-20-10-12-23(14)11-8-7-9-21-16(19-5)22-15-13-18(4,24-6)17(15,2)3/h10,12,15H,7-9,11,13H2,1-6H3,(H2,19,21,22). The van der Waals surface area contributed by atoms with E-state index >= 15 is 0 Å². The maximum absolute atomic E-state index is 5.68. The number of aryl methyl sites for hydroxylation is 2. The molecule has 1 saturated carbocycles. The van der Waals surface area contributed by atoms with E-state index in [4.69, 9.17) is 4.74 Å². The average molecular weight is 335 g/mol. The Hall–Kier alpha value is -1.56. The van der Waals surface area contributed by atoms with Crippen LogP contribution in [0.2, 0.25) is 0 Å². The molecule has 0 aliphatic heterocycles. The molecule has 2 unspecified atom stereocenters. The van der Waals surface area contributed by atoms with Gasteiger partial charge < -0.3 is 19.9 Å². The van der Waals surface area contributed by atoms with Gasteiger partial charge in [0.15, 0.2) is 5.96 Å². The van der Waals surface area contributed by atoms with Crippen LogP contribution in [0, 0.1) is 12.3 Å². The van der Waals surface area contributed by atoms with Crippen LogP contribution < -0.4 is 10.6 Å². The van der Waals surface area contributed by atoms with Crippen LogP contribution in [0.4, 0.5) is 0 Å². The Morgan fingerprint density at radius 2 is 2.17 bits per heavy atom. The fourth-order valence-corrected chi connectivity index (χ4v) is 3.34. The smallest absolute Gasteiger partial charge is 0.191 e. The SMILES string of the molecule is CN=C(NCCCCn1ccnc1C)NC1CC(C)(OC)C1(C)C. The van der Waals surface area contributed by atoms with Crippen LogP contribution >= 0.6 is 0 Å². The van der Waals surface area contributed by atoms with Crippen LogP contribution in [0.15, 0.2) is 17.4 Å². The zero-order valence-corrected chi connectivity index (χ0v) is 16.0. The summed E-state index contributed by atoms with van der Waals surface area (Å²) in [5.41, 5.74) is 0.0184. The van der Waals surface area contributed by atoms with E-state index in [9.17, 15) is 0 Å². The van der Waals surface area contributed by atoms with E-state index in [1.165, 1.54) is 0 Å². The molecule has 1 aliphatic carbocycles. The van der Waals surface area contributed by atoms with Gasteiger partial charge in [-0.3, -0.25) is 4.99 Å². The molecule has 2 atom stereocenters. The van der Waals surface area contributed by atoms with Gasteiger partial charge in [-0.1, -0.05) is 13.8 Å². The molecular formula is C18H33N5O. The normalized spacial score (nSPS) is 26.1. The molecule has 2 rings (SSSR count). The van der Waals surface area contributed by atoms with Gasteiger partial charge in [-0.15, -0.1) is 0 Å². The first-order chi connectivity index (χ1) is 11.3. The lowest BCUT2D eigenvalue weighted by Gasteiger charge is -2.59. The van der Waals surface area contributed by atoms with Gasteiger partial charge in [0.05, 0.1) is 5.60 Å². The number of hydrogen-bond donors (Lipinski definition) is 2. The number of unbranched alkanes of at least 4 members (excludes halogenated alkanes) is 1. The van der Waals surface area contributed by atoms with Gasteiger partial charge in [0.1, 0.15) is 5.82 Å². The minimum atomic E-state index is -0.0633. The van der Waals surface area contributed by atoms with Gasteiger partial charge in [-0.05, 0) is 33.1 Å². The van der Waals surface area contributed by atoms with Crippen LogP contribution in [0.25, 0.3) is 0 Å². The van der Waals surface area contributed by atoms with Crippen LogP contribution in [-0.4, -0.2) is 47.9 Å². The van der Waals surface area contributed by atoms with Gasteiger partial charge in [0.2, 0.25) is 0 Å². The van der Waals surface area contributed by atoms with E-state index in [1.807, 2.05) is 26.4 Å². The second-order valence-electron chi connectivity index (χ2n) is 7.43. The predicted octanol–water partition coefficient (Wildman–Crippen LogP) is 2.34. The Balaban J connectivity index is 1.69. The summed E-state index contributed by atoms with van der Waals surface area (Å²) in [6.07, 6.45) is 7.11. The van der Waals surface area contributed by atoms with Crippen molar-refractivity contribution in [3.05, 3.63) is 18.2 Å². The van der Waals surface area contributed by atoms with Gasteiger partial charge in [-0.2, -0.15) is 0 Å². The highest BCUT2D eigenvalue weighted by Crippen LogP contribution is 2.51. The number of hydrogen-bond acceptors (Lipinski definition) is 3. The second-order valence-corrected chi connectivity index (χ2v) is 7.43. The third kappa shape index (κ3) is 3.74. The molecule has 0 bridgehead atoms. The Morgan fingerprint density at radius 3 is 2.71 bits per heavy atom. The first kappa shape index (κ1) is 18.8. The summed E-state index contributed by atoms with van der Waals surface area (Å²) in [5, 5.41) is 6.96. The minimum Gasteiger partial charge on any atom is -0.378 e. The summed E-state index contributed by atoms with van der Waals surface area (Å²) in [7, 11) is 3.62. The van der Waals surface area contributed by atoms with Crippen LogP contribution in [0.5, 0.6) is 0 Å². The average Bonchev–Trinajstić information content (AvgIpc) is 2.97. The van der Waals surface area contributed by atoms with E-state index in [-0.39, 0.29) is 11.0 Å². The lowest BCUT2D eigenvalue weighted by molar-refractivity contribution is -0.176. The van der Waals surface area contributed by atoms with Crippen molar-refractivity contribution in [3.8, 4) is 0 Å². The molecule has 0 radical (unpaired) electrons. The monoisotopic (exact) mass is 335 g/mol. The highest BCUT2D eigenvalue weighted by Gasteiger charge is 2.57. The number of nitrogens with one attached hydrogen (secondary N) is 2. The number of aromatic nitrogens is 2. The maximum Gasteiger partial charge on any atom is 0.191 e. The molecule has 136 valence electrons.